The Morgan fingerprint density at radius 3 is 2.76 bits per heavy atom. The van der Waals surface area contributed by atoms with Crippen LogP contribution in [0.5, 0.6) is 0 Å². The molecule has 0 bridgehead atoms. The average Bonchev–Trinajstić information content (AvgIpc) is 3.01. The lowest BCUT2D eigenvalue weighted by atomic mass is 10.1. The monoisotopic (exact) mass is 302 g/mol. The third kappa shape index (κ3) is 4.72. The molecule has 5 heteroatoms. The highest BCUT2D eigenvalue weighted by Gasteiger charge is 2.07. The number of amides is 2. The fourth-order valence-electron chi connectivity index (χ4n) is 1.88. The van der Waals surface area contributed by atoms with Gasteiger partial charge in [-0.3, -0.25) is 9.59 Å². The molecule has 0 spiro atoms. The second kappa shape index (κ2) is 7.59. The van der Waals surface area contributed by atoms with Gasteiger partial charge in [-0.15, -0.1) is 11.3 Å². The summed E-state index contributed by atoms with van der Waals surface area (Å²) in [5.41, 5.74) is 1.97. The van der Waals surface area contributed by atoms with E-state index in [-0.39, 0.29) is 18.2 Å². The second-order valence-electron chi connectivity index (χ2n) is 4.59. The highest BCUT2D eigenvalue weighted by Crippen LogP contribution is 2.11. The van der Waals surface area contributed by atoms with Crippen LogP contribution in [0.4, 0.5) is 5.69 Å². The van der Waals surface area contributed by atoms with Crippen molar-refractivity contribution < 1.29 is 9.59 Å². The molecule has 0 saturated carbocycles. The Bertz CT molecular complexity index is 608. The van der Waals surface area contributed by atoms with Crippen molar-refractivity contribution in [2.45, 2.75) is 19.8 Å². The van der Waals surface area contributed by atoms with E-state index in [1.807, 2.05) is 35.7 Å². The van der Waals surface area contributed by atoms with Crippen LogP contribution in [0.2, 0.25) is 0 Å². The molecule has 4 nitrogen and oxygen atoms in total. The number of rotatable bonds is 6. The number of nitrogens with one attached hydrogen (secondary N) is 2. The maximum Gasteiger partial charge on any atom is 0.261 e. The zero-order valence-corrected chi connectivity index (χ0v) is 12.7. The first-order chi connectivity index (χ1) is 10.2. The van der Waals surface area contributed by atoms with Gasteiger partial charge in [0.25, 0.3) is 5.91 Å². The van der Waals surface area contributed by atoms with Crippen molar-refractivity contribution in [2.24, 2.45) is 0 Å². The van der Waals surface area contributed by atoms with E-state index in [0.29, 0.717) is 11.4 Å². The predicted octanol–water partition coefficient (Wildman–Crippen LogP) is 3.07. The molecule has 0 atom stereocenters. The molecule has 1 heterocycles. The lowest BCUT2D eigenvalue weighted by Crippen LogP contribution is -2.27. The molecule has 0 aliphatic heterocycles. The van der Waals surface area contributed by atoms with Gasteiger partial charge in [0.1, 0.15) is 0 Å². The van der Waals surface area contributed by atoms with Crippen molar-refractivity contribution in [3.63, 3.8) is 0 Å². The maximum absolute atomic E-state index is 11.8. The van der Waals surface area contributed by atoms with Crippen molar-refractivity contribution in [2.75, 3.05) is 11.9 Å². The van der Waals surface area contributed by atoms with Crippen LogP contribution in [0.15, 0.2) is 41.8 Å². The Labute approximate surface area is 128 Å². The Morgan fingerprint density at radius 2 is 2.05 bits per heavy atom. The van der Waals surface area contributed by atoms with Crippen LogP contribution in [-0.4, -0.2) is 18.4 Å². The quantitative estimate of drug-likeness (QED) is 0.861. The molecule has 0 radical (unpaired) electrons. The van der Waals surface area contributed by atoms with Crippen molar-refractivity contribution in [1.82, 2.24) is 5.32 Å². The van der Waals surface area contributed by atoms with E-state index >= 15 is 0 Å². The number of aryl methyl sites for hydroxylation is 1. The molecule has 110 valence electrons. The van der Waals surface area contributed by atoms with Gasteiger partial charge in [0.15, 0.2) is 0 Å². The molecule has 2 amide bonds. The largest absolute Gasteiger partial charge is 0.351 e. The molecule has 2 aromatic rings. The summed E-state index contributed by atoms with van der Waals surface area (Å²) in [6.45, 7) is 2.40. The number of hydrogen-bond acceptors (Lipinski definition) is 3. The first kappa shape index (κ1) is 15.3. The van der Waals surface area contributed by atoms with Gasteiger partial charge in [-0.05, 0) is 35.6 Å². The molecule has 0 fully saturated rings. The van der Waals surface area contributed by atoms with Gasteiger partial charge in [-0.1, -0.05) is 25.1 Å². The van der Waals surface area contributed by atoms with E-state index in [9.17, 15) is 9.59 Å². The van der Waals surface area contributed by atoms with Gasteiger partial charge in [0, 0.05) is 18.7 Å². The predicted molar refractivity (Wildman–Crippen MR) is 85.7 cm³/mol. The van der Waals surface area contributed by atoms with E-state index in [1.54, 1.807) is 6.07 Å². The molecule has 0 unspecified atom stereocenters. The number of carbonyl (C=O) groups excluding carboxylic acids is 2. The van der Waals surface area contributed by atoms with E-state index < -0.39 is 0 Å². The maximum atomic E-state index is 11.8. The van der Waals surface area contributed by atoms with E-state index in [4.69, 9.17) is 0 Å². The van der Waals surface area contributed by atoms with Gasteiger partial charge >= 0.3 is 0 Å². The Morgan fingerprint density at radius 1 is 1.19 bits per heavy atom. The summed E-state index contributed by atoms with van der Waals surface area (Å²) >= 11 is 1.38. The summed E-state index contributed by atoms with van der Waals surface area (Å²) < 4.78 is 0. The summed E-state index contributed by atoms with van der Waals surface area (Å²) in [5.74, 6) is -0.236. The van der Waals surface area contributed by atoms with Crippen molar-refractivity contribution in [1.29, 1.82) is 0 Å². The summed E-state index contributed by atoms with van der Waals surface area (Å²) in [6.07, 6.45) is 1.19. The lowest BCUT2D eigenvalue weighted by Gasteiger charge is -2.07. The molecule has 1 aromatic carbocycles. The molecule has 2 rings (SSSR count). The highest BCUT2D eigenvalue weighted by molar-refractivity contribution is 7.12. The van der Waals surface area contributed by atoms with Crippen LogP contribution < -0.4 is 10.6 Å². The molecule has 1 aromatic heterocycles. The number of hydrogen-bond donors (Lipinski definition) is 2. The number of carbonyl (C=O) groups is 2. The summed E-state index contributed by atoms with van der Waals surface area (Å²) in [7, 11) is 0. The number of benzene rings is 1. The molecular weight excluding hydrogens is 284 g/mol. The standard InChI is InChI=1S/C16H18N2O2S/c1-2-12-5-3-6-13(11-12)18-15(19)8-9-17-16(20)14-7-4-10-21-14/h3-7,10-11H,2,8-9H2,1H3,(H,17,20)(H,18,19). The van der Waals surface area contributed by atoms with Gasteiger partial charge in [0.05, 0.1) is 4.88 Å². The number of thiophene rings is 1. The SMILES string of the molecule is CCc1cccc(NC(=O)CCNC(=O)c2cccs2)c1. The molecule has 0 saturated heterocycles. The Kier molecular flexibility index (Phi) is 5.51. The first-order valence-corrected chi connectivity index (χ1v) is 7.77. The van der Waals surface area contributed by atoms with E-state index in [1.165, 1.54) is 16.9 Å². The lowest BCUT2D eigenvalue weighted by molar-refractivity contribution is -0.116. The fourth-order valence-corrected chi connectivity index (χ4v) is 2.52. The van der Waals surface area contributed by atoms with Crippen molar-refractivity contribution in [3.05, 3.63) is 52.2 Å². The Hall–Kier alpha value is -2.14. The van der Waals surface area contributed by atoms with Gasteiger partial charge in [-0.2, -0.15) is 0 Å². The normalized spacial score (nSPS) is 10.1. The summed E-state index contributed by atoms with van der Waals surface area (Å²) in [6, 6.07) is 11.4. The zero-order valence-electron chi connectivity index (χ0n) is 11.9. The smallest absolute Gasteiger partial charge is 0.261 e. The van der Waals surface area contributed by atoms with Gasteiger partial charge in [-0.25, -0.2) is 0 Å². The molecule has 0 aliphatic rings. The van der Waals surface area contributed by atoms with Crippen molar-refractivity contribution in [3.8, 4) is 0 Å². The average molecular weight is 302 g/mol. The Balaban J connectivity index is 1.76. The first-order valence-electron chi connectivity index (χ1n) is 6.89. The van der Waals surface area contributed by atoms with Gasteiger partial charge < -0.3 is 10.6 Å². The third-order valence-corrected chi connectivity index (χ3v) is 3.87. The van der Waals surface area contributed by atoms with Crippen molar-refractivity contribution >= 4 is 28.8 Å². The van der Waals surface area contributed by atoms with Crippen LogP contribution in [0.25, 0.3) is 0 Å². The van der Waals surface area contributed by atoms with E-state index in [0.717, 1.165) is 12.1 Å². The third-order valence-electron chi connectivity index (χ3n) is 3.00. The zero-order chi connectivity index (χ0) is 15.1. The minimum absolute atomic E-state index is 0.102. The molecule has 21 heavy (non-hydrogen) atoms. The highest BCUT2D eigenvalue weighted by atomic mass is 32.1. The van der Waals surface area contributed by atoms with Crippen LogP contribution in [0.1, 0.15) is 28.6 Å². The number of anilines is 1. The molecular formula is C16H18N2O2S. The summed E-state index contributed by atoms with van der Waals surface area (Å²) in [5, 5.41) is 7.42. The second-order valence-corrected chi connectivity index (χ2v) is 5.53. The summed E-state index contributed by atoms with van der Waals surface area (Å²) in [4.78, 5) is 24.2. The van der Waals surface area contributed by atoms with Crippen LogP contribution >= 0.6 is 11.3 Å². The fraction of sp³-hybridized carbons (Fsp3) is 0.250. The topological polar surface area (TPSA) is 58.2 Å². The van der Waals surface area contributed by atoms with Gasteiger partial charge in [0.2, 0.25) is 5.91 Å². The van der Waals surface area contributed by atoms with Crippen LogP contribution in [0.3, 0.4) is 0 Å². The minimum Gasteiger partial charge on any atom is -0.351 e. The molecule has 2 N–H and O–H groups in total. The van der Waals surface area contributed by atoms with E-state index in [2.05, 4.69) is 17.6 Å². The minimum atomic E-state index is -0.134. The van der Waals surface area contributed by atoms with Crippen LogP contribution in [-0.2, 0) is 11.2 Å². The molecule has 0 aliphatic carbocycles. The van der Waals surface area contributed by atoms with Crippen LogP contribution in [0, 0.1) is 0 Å².